The Labute approximate surface area is 183 Å². The highest BCUT2D eigenvalue weighted by Gasteiger charge is 2.33. The summed E-state index contributed by atoms with van der Waals surface area (Å²) in [6.45, 7) is 1.24. The van der Waals surface area contributed by atoms with Crippen molar-refractivity contribution in [2.24, 2.45) is 5.92 Å². The highest BCUT2D eigenvalue weighted by molar-refractivity contribution is 7.98. The number of nitrogens with one attached hydrogen (secondary N) is 1. The van der Waals surface area contributed by atoms with Gasteiger partial charge in [-0.15, -0.1) is 0 Å². The molecule has 1 atom stereocenters. The van der Waals surface area contributed by atoms with Gasteiger partial charge in [0.2, 0.25) is 15.9 Å². The van der Waals surface area contributed by atoms with E-state index in [2.05, 4.69) is 17.4 Å². The Morgan fingerprint density at radius 1 is 1.17 bits per heavy atom. The van der Waals surface area contributed by atoms with E-state index in [0.717, 1.165) is 11.5 Å². The summed E-state index contributed by atoms with van der Waals surface area (Å²) >= 11 is 1.77. The molecule has 8 heteroatoms. The number of carbonyl (C=O) groups is 1. The molecule has 2 aromatic rings. The van der Waals surface area contributed by atoms with Crippen molar-refractivity contribution in [2.75, 3.05) is 32.5 Å². The first-order valence-electron chi connectivity index (χ1n) is 10.0. The molecule has 1 amide bonds. The molecule has 0 radical (unpaired) electrons. The average molecular weight is 449 g/mol. The second-order valence-electron chi connectivity index (χ2n) is 7.21. The number of ether oxygens (including phenoxy) is 1. The Morgan fingerprint density at radius 3 is 2.60 bits per heavy atom. The van der Waals surface area contributed by atoms with E-state index in [-0.39, 0.29) is 23.3 Å². The van der Waals surface area contributed by atoms with Crippen LogP contribution in [0.25, 0.3) is 0 Å². The maximum Gasteiger partial charge on any atom is 0.243 e. The molecule has 0 aliphatic carbocycles. The second-order valence-corrected chi connectivity index (χ2v) is 10.3. The number of benzene rings is 2. The average Bonchev–Trinajstić information content (AvgIpc) is 2.79. The first kappa shape index (κ1) is 22.7. The number of nitrogens with zero attached hydrogens (tertiary/aromatic N) is 1. The van der Waals surface area contributed by atoms with Crippen molar-refractivity contribution < 1.29 is 17.9 Å². The third-order valence-electron chi connectivity index (χ3n) is 5.11. The van der Waals surface area contributed by atoms with Crippen LogP contribution in [0.5, 0.6) is 5.75 Å². The summed E-state index contributed by atoms with van der Waals surface area (Å²) in [6.07, 6.45) is 1.38. The molecule has 1 aliphatic heterocycles. The van der Waals surface area contributed by atoms with Gasteiger partial charge in [-0.05, 0) is 42.7 Å². The first-order chi connectivity index (χ1) is 14.5. The van der Waals surface area contributed by atoms with Crippen LogP contribution in [-0.4, -0.2) is 51.1 Å². The number of amides is 1. The van der Waals surface area contributed by atoms with Gasteiger partial charge in [-0.2, -0.15) is 16.1 Å². The van der Waals surface area contributed by atoms with Gasteiger partial charge in [0.15, 0.2) is 0 Å². The van der Waals surface area contributed by atoms with Gasteiger partial charge in [0.05, 0.1) is 17.9 Å². The zero-order valence-corrected chi connectivity index (χ0v) is 18.8. The van der Waals surface area contributed by atoms with Crippen molar-refractivity contribution >= 4 is 27.7 Å². The summed E-state index contributed by atoms with van der Waals surface area (Å²) < 4.78 is 32.4. The molecule has 0 saturated carbocycles. The molecule has 3 rings (SSSR count). The molecule has 0 spiro atoms. The summed E-state index contributed by atoms with van der Waals surface area (Å²) in [5.41, 5.74) is 1.26. The van der Waals surface area contributed by atoms with Gasteiger partial charge in [-0.1, -0.05) is 30.3 Å². The van der Waals surface area contributed by atoms with Gasteiger partial charge in [0, 0.05) is 31.1 Å². The molecule has 1 saturated heterocycles. The summed E-state index contributed by atoms with van der Waals surface area (Å²) in [6, 6.07) is 16.6. The number of sulfonamides is 1. The highest BCUT2D eigenvalue weighted by Crippen LogP contribution is 2.25. The lowest BCUT2D eigenvalue weighted by Crippen LogP contribution is -2.45. The lowest BCUT2D eigenvalue weighted by Gasteiger charge is -2.31. The lowest BCUT2D eigenvalue weighted by molar-refractivity contribution is -0.125. The minimum Gasteiger partial charge on any atom is -0.497 e. The number of carbonyl (C=O) groups excluding carboxylic acids is 1. The maximum atomic E-state index is 12.9. The molecular weight excluding hydrogens is 420 g/mol. The first-order valence-corrected chi connectivity index (χ1v) is 12.6. The molecule has 1 N–H and O–H groups in total. The molecule has 6 nitrogen and oxygen atoms in total. The number of piperidine rings is 1. The number of methoxy groups -OCH3 is 1. The van der Waals surface area contributed by atoms with Crippen LogP contribution in [0.4, 0.5) is 0 Å². The van der Waals surface area contributed by atoms with Crippen molar-refractivity contribution in [1.82, 2.24) is 9.62 Å². The van der Waals surface area contributed by atoms with Crippen LogP contribution in [0.2, 0.25) is 0 Å². The summed E-state index contributed by atoms with van der Waals surface area (Å²) in [5, 5.41) is 2.97. The van der Waals surface area contributed by atoms with Gasteiger partial charge >= 0.3 is 0 Å². The molecule has 1 heterocycles. The van der Waals surface area contributed by atoms with E-state index in [9.17, 15) is 13.2 Å². The van der Waals surface area contributed by atoms with Crippen LogP contribution in [0.3, 0.4) is 0 Å². The van der Waals surface area contributed by atoms with Crippen molar-refractivity contribution in [2.45, 2.75) is 23.5 Å². The predicted octanol–water partition coefficient (Wildman–Crippen LogP) is 3.15. The van der Waals surface area contributed by atoms with E-state index >= 15 is 0 Å². The monoisotopic (exact) mass is 448 g/mol. The molecule has 1 aliphatic rings. The van der Waals surface area contributed by atoms with Crippen LogP contribution in [0.1, 0.15) is 18.4 Å². The largest absolute Gasteiger partial charge is 0.497 e. The van der Waals surface area contributed by atoms with Crippen LogP contribution in [-0.2, 0) is 20.6 Å². The molecule has 0 unspecified atom stereocenters. The Bertz CT molecular complexity index is 918. The van der Waals surface area contributed by atoms with E-state index in [1.807, 2.05) is 18.2 Å². The lowest BCUT2D eigenvalue weighted by atomic mass is 9.99. The van der Waals surface area contributed by atoms with Crippen molar-refractivity contribution in [3.05, 3.63) is 60.2 Å². The third-order valence-corrected chi connectivity index (χ3v) is 8.02. The maximum absolute atomic E-state index is 12.9. The highest BCUT2D eigenvalue weighted by atomic mass is 32.2. The standard InChI is InChI=1S/C22H28N2O4S2/c1-28-20-9-11-21(12-10-20)30(26,27)24-14-5-8-19(16-24)22(25)23-13-15-29-17-18-6-3-2-4-7-18/h2-4,6-7,9-12,19H,5,8,13-17H2,1H3,(H,23,25)/t19-/m1/s1. The Hall–Kier alpha value is -2.03. The molecule has 0 bridgehead atoms. The van der Waals surface area contributed by atoms with Crippen molar-refractivity contribution in [1.29, 1.82) is 0 Å². The van der Waals surface area contributed by atoms with Crippen LogP contribution in [0.15, 0.2) is 59.5 Å². The van der Waals surface area contributed by atoms with Crippen LogP contribution < -0.4 is 10.1 Å². The smallest absolute Gasteiger partial charge is 0.243 e. The SMILES string of the molecule is COc1ccc(S(=O)(=O)N2CCC[C@@H](C(=O)NCCSCc3ccccc3)C2)cc1. The molecule has 162 valence electrons. The summed E-state index contributed by atoms with van der Waals surface area (Å²) in [5.74, 6) is 1.96. The Balaban J connectivity index is 1.47. The molecule has 0 aromatic heterocycles. The van der Waals surface area contributed by atoms with E-state index in [4.69, 9.17) is 4.74 Å². The van der Waals surface area contributed by atoms with Crippen molar-refractivity contribution in [3.63, 3.8) is 0 Å². The third kappa shape index (κ3) is 6.00. The fourth-order valence-corrected chi connectivity index (χ4v) is 5.77. The quantitative estimate of drug-likeness (QED) is 0.597. The van der Waals surface area contributed by atoms with Gasteiger partial charge in [-0.3, -0.25) is 4.79 Å². The van der Waals surface area contributed by atoms with E-state index in [0.29, 0.717) is 31.7 Å². The molecular formula is C22H28N2O4S2. The zero-order valence-electron chi connectivity index (χ0n) is 17.1. The van der Waals surface area contributed by atoms with Crippen molar-refractivity contribution in [3.8, 4) is 5.75 Å². The number of thioether (sulfide) groups is 1. The fraction of sp³-hybridized carbons (Fsp3) is 0.409. The molecule has 1 fully saturated rings. The predicted molar refractivity (Wildman–Crippen MR) is 120 cm³/mol. The Kier molecular flexibility index (Phi) is 8.18. The number of rotatable bonds is 9. The van der Waals surface area contributed by atoms with Crippen LogP contribution >= 0.6 is 11.8 Å². The van der Waals surface area contributed by atoms with E-state index in [1.54, 1.807) is 36.0 Å². The van der Waals surface area contributed by atoms with Gasteiger partial charge in [0.25, 0.3) is 0 Å². The topological polar surface area (TPSA) is 75.7 Å². The summed E-state index contributed by atoms with van der Waals surface area (Å²) in [4.78, 5) is 12.8. The number of hydrogen-bond donors (Lipinski definition) is 1. The normalized spacial score (nSPS) is 17.4. The summed E-state index contributed by atoms with van der Waals surface area (Å²) in [7, 11) is -2.08. The van der Waals surface area contributed by atoms with Gasteiger partial charge in [0.1, 0.15) is 5.75 Å². The minimum absolute atomic E-state index is 0.0649. The molecule has 30 heavy (non-hydrogen) atoms. The minimum atomic E-state index is -3.62. The number of hydrogen-bond acceptors (Lipinski definition) is 5. The fourth-order valence-electron chi connectivity index (χ4n) is 3.43. The van der Waals surface area contributed by atoms with Gasteiger partial charge in [-0.25, -0.2) is 8.42 Å². The second kappa shape index (κ2) is 10.8. The zero-order chi connectivity index (χ0) is 21.4. The van der Waals surface area contributed by atoms with Gasteiger partial charge < -0.3 is 10.1 Å². The Morgan fingerprint density at radius 2 is 1.90 bits per heavy atom. The molecule has 2 aromatic carbocycles. The van der Waals surface area contributed by atoms with E-state index in [1.165, 1.54) is 17.0 Å². The van der Waals surface area contributed by atoms with E-state index < -0.39 is 10.0 Å². The van der Waals surface area contributed by atoms with Crippen LogP contribution in [0, 0.1) is 5.92 Å².